The molecule has 0 aliphatic rings. The Balaban J connectivity index is 1.58. The van der Waals surface area contributed by atoms with Gasteiger partial charge in [-0.15, -0.1) is 0 Å². The number of pyridine rings is 1. The summed E-state index contributed by atoms with van der Waals surface area (Å²) in [5.41, 5.74) is 2.26. The molecule has 5 aromatic rings. The molecule has 7 nitrogen and oxygen atoms in total. The maximum Gasteiger partial charge on any atom is 0.277 e. The second kappa shape index (κ2) is 7.61. The van der Waals surface area contributed by atoms with Gasteiger partial charge in [-0.3, -0.25) is 9.78 Å². The number of oxazole rings is 1. The molecule has 0 radical (unpaired) electrons. The fourth-order valence-electron chi connectivity index (χ4n) is 3.35. The Bertz CT molecular complexity index is 1440. The van der Waals surface area contributed by atoms with E-state index in [-0.39, 0.29) is 27.3 Å². The summed E-state index contributed by atoms with van der Waals surface area (Å²) in [6.07, 6.45) is 4.04. The topological polar surface area (TPSA) is 90.4 Å². The van der Waals surface area contributed by atoms with Gasteiger partial charge >= 0.3 is 0 Å². The van der Waals surface area contributed by atoms with E-state index in [2.05, 4.69) is 15.3 Å². The number of rotatable bonds is 4. The maximum absolute atomic E-state index is 12.7. The highest BCUT2D eigenvalue weighted by Gasteiger charge is 2.21. The molecular weight excluding hydrogens is 441 g/mol. The van der Waals surface area contributed by atoms with Gasteiger partial charge in [-0.2, -0.15) is 0 Å². The summed E-state index contributed by atoms with van der Waals surface area (Å²) in [7, 11) is 1.57. The zero-order chi connectivity index (χ0) is 21.5. The minimum absolute atomic E-state index is 0.0655. The molecule has 1 amide bonds. The highest BCUT2D eigenvalue weighted by molar-refractivity contribution is 6.39. The molecule has 9 heteroatoms. The number of nitrogens with one attached hydrogen (secondary N) is 1. The molecule has 1 N–H and O–H groups in total. The molecule has 3 aromatic heterocycles. The van der Waals surface area contributed by atoms with Gasteiger partial charge in [0.25, 0.3) is 5.91 Å². The molecule has 0 saturated carbocycles. The lowest BCUT2D eigenvalue weighted by molar-refractivity contribution is 0.102. The summed E-state index contributed by atoms with van der Waals surface area (Å²) < 4.78 is 17.1. The molecule has 0 atom stereocenters. The standard InChI is InChI=1S/C22H13Cl2N3O4/c1-29-17-7-6-12(18-11-4-2-3-5-16(11)31-20(17)18)22-26-15(10-30-22)21(28)27-19-13(23)8-25-9-14(19)24/h2-10H,1H3,(H,25,27,28). The predicted octanol–water partition coefficient (Wildman–Crippen LogP) is 6.20. The SMILES string of the molecule is COc1ccc(-c2nc(C(=O)Nc3c(Cl)cncc3Cl)co2)c2c1oc1ccccc12. The number of furan rings is 1. The number of ether oxygens (including phenoxy) is 1. The lowest BCUT2D eigenvalue weighted by Crippen LogP contribution is -2.13. The van der Waals surface area contributed by atoms with Crippen molar-refractivity contribution in [3.8, 4) is 17.2 Å². The largest absolute Gasteiger partial charge is 0.493 e. The first-order valence-corrected chi connectivity index (χ1v) is 9.87. The molecule has 0 spiro atoms. The molecule has 0 fully saturated rings. The third-order valence-corrected chi connectivity index (χ3v) is 5.34. The zero-order valence-electron chi connectivity index (χ0n) is 16.0. The number of methoxy groups -OCH3 is 1. The Kier molecular flexibility index (Phi) is 4.77. The molecule has 3 heterocycles. The van der Waals surface area contributed by atoms with Crippen molar-refractivity contribution in [1.82, 2.24) is 9.97 Å². The van der Waals surface area contributed by atoms with E-state index in [0.29, 0.717) is 22.5 Å². The molecule has 31 heavy (non-hydrogen) atoms. The molecule has 0 bridgehead atoms. The quantitative estimate of drug-likeness (QED) is 0.348. The Morgan fingerprint density at radius 1 is 1.10 bits per heavy atom. The van der Waals surface area contributed by atoms with Crippen molar-refractivity contribution >= 4 is 56.7 Å². The van der Waals surface area contributed by atoms with Crippen molar-refractivity contribution in [2.24, 2.45) is 0 Å². The number of carbonyl (C=O) groups excluding carboxylic acids is 1. The van der Waals surface area contributed by atoms with Gasteiger partial charge in [0.1, 0.15) is 11.8 Å². The lowest BCUT2D eigenvalue weighted by atomic mass is 10.1. The fourth-order valence-corrected chi connectivity index (χ4v) is 3.81. The molecule has 2 aromatic carbocycles. The number of hydrogen-bond acceptors (Lipinski definition) is 6. The fraction of sp³-hybridized carbons (Fsp3) is 0.0455. The van der Waals surface area contributed by atoms with Crippen molar-refractivity contribution in [1.29, 1.82) is 0 Å². The van der Waals surface area contributed by atoms with Crippen LogP contribution in [0.2, 0.25) is 10.0 Å². The van der Waals surface area contributed by atoms with Crippen LogP contribution in [0, 0.1) is 0 Å². The van der Waals surface area contributed by atoms with Crippen LogP contribution < -0.4 is 10.1 Å². The normalized spacial score (nSPS) is 11.2. The summed E-state index contributed by atoms with van der Waals surface area (Å²) >= 11 is 12.1. The van der Waals surface area contributed by atoms with E-state index in [4.69, 9.17) is 36.8 Å². The van der Waals surface area contributed by atoms with Gasteiger partial charge in [-0.1, -0.05) is 41.4 Å². The van der Waals surface area contributed by atoms with Gasteiger partial charge in [0.05, 0.1) is 22.8 Å². The number of carbonyl (C=O) groups is 1. The van der Waals surface area contributed by atoms with Crippen LogP contribution in [0.25, 0.3) is 33.4 Å². The van der Waals surface area contributed by atoms with E-state index >= 15 is 0 Å². The van der Waals surface area contributed by atoms with Crippen LogP contribution in [-0.2, 0) is 0 Å². The van der Waals surface area contributed by atoms with Crippen molar-refractivity contribution < 1.29 is 18.4 Å². The molecular formula is C22H13Cl2N3O4. The molecule has 0 aliphatic heterocycles. The Morgan fingerprint density at radius 3 is 2.65 bits per heavy atom. The first kappa shape index (κ1) is 19.4. The van der Waals surface area contributed by atoms with Crippen molar-refractivity contribution in [3.05, 3.63) is 70.8 Å². The predicted molar refractivity (Wildman–Crippen MR) is 118 cm³/mol. The van der Waals surface area contributed by atoms with E-state index in [1.54, 1.807) is 13.2 Å². The van der Waals surface area contributed by atoms with Gasteiger partial charge in [0, 0.05) is 28.7 Å². The summed E-state index contributed by atoms with van der Waals surface area (Å²) in [5.74, 6) is 0.324. The molecule has 0 saturated heterocycles. The second-order valence-corrected chi connectivity index (χ2v) is 7.40. The smallest absolute Gasteiger partial charge is 0.277 e. The van der Waals surface area contributed by atoms with Gasteiger partial charge in [-0.05, 0) is 18.2 Å². The highest BCUT2D eigenvalue weighted by Crippen LogP contribution is 2.40. The van der Waals surface area contributed by atoms with Crippen LogP contribution in [-0.4, -0.2) is 23.0 Å². The Morgan fingerprint density at radius 2 is 1.87 bits per heavy atom. The van der Waals surface area contributed by atoms with Crippen LogP contribution in [0.3, 0.4) is 0 Å². The zero-order valence-corrected chi connectivity index (χ0v) is 17.5. The van der Waals surface area contributed by atoms with E-state index in [9.17, 15) is 4.79 Å². The van der Waals surface area contributed by atoms with Gasteiger partial charge in [0.15, 0.2) is 17.0 Å². The highest BCUT2D eigenvalue weighted by atomic mass is 35.5. The van der Waals surface area contributed by atoms with Gasteiger partial charge < -0.3 is 18.9 Å². The summed E-state index contributed by atoms with van der Waals surface area (Å²) in [6, 6.07) is 11.2. The van der Waals surface area contributed by atoms with Crippen LogP contribution in [0.4, 0.5) is 5.69 Å². The number of anilines is 1. The molecule has 5 rings (SSSR count). The first-order chi connectivity index (χ1) is 15.1. The number of aromatic nitrogens is 2. The van der Waals surface area contributed by atoms with E-state index < -0.39 is 5.91 Å². The minimum atomic E-state index is -0.521. The number of hydrogen-bond donors (Lipinski definition) is 1. The molecule has 154 valence electrons. The number of benzene rings is 2. The van der Waals surface area contributed by atoms with Crippen LogP contribution in [0.1, 0.15) is 10.5 Å². The summed E-state index contributed by atoms with van der Waals surface area (Å²) in [4.78, 5) is 20.9. The Hall–Kier alpha value is -3.55. The van der Waals surface area contributed by atoms with Crippen molar-refractivity contribution in [3.63, 3.8) is 0 Å². The van der Waals surface area contributed by atoms with Crippen molar-refractivity contribution in [2.75, 3.05) is 12.4 Å². The van der Waals surface area contributed by atoms with Gasteiger partial charge in [-0.25, -0.2) is 4.98 Å². The van der Waals surface area contributed by atoms with Crippen LogP contribution in [0.15, 0.2) is 63.9 Å². The lowest BCUT2D eigenvalue weighted by Gasteiger charge is -2.06. The van der Waals surface area contributed by atoms with Crippen LogP contribution >= 0.6 is 23.2 Å². The number of halogens is 2. The number of fused-ring (bicyclic) bond motifs is 3. The average molecular weight is 454 g/mol. The molecule has 0 aliphatic carbocycles. The summed E-state index contributed by atoms with van der Waals surface area (Å²) in [6.45, 7) is 0. The number of nitrogens with zero attached hydrogens (tertiary/aromatic N) is 2. The van der Waals surface area contributed by atoms with E-state index in [0.717, 1.165) is 10.8 Å². The van der Waals surface area contributed by atoms with Crippen LogP contribution in [0.5, 0.6) is 5.75 Å². The summed E-state index contributed by atoms with van der Waals surface area (Å²) in [5, 5.41) is 4.73. The average Bonchev–Trinajstić information content (AvgIpc) is 3.41. The van der Waals surface area contributed by atoms with Gasteiger partial charge in [0.2, 0.25) is 5.89 Å². The van der Waals surface area contributed by atoms with E-state index in [1.807, 2.05) is 30.3 Å². The first-order valence-electron chi connectivity index (χ1n) is 9.11. The monoisotopic (exact) mass is 453 g/mol. The number of amides is 1. The second-order valence-electron chi connectivity index (χ2n) is 6.59. The number of para-hydroxylation sites is 1. The Labute approximate surface area is 185 Å². The third kappa shape index (κ3) is 3.28. The molecule has 0 unspecified atom stereocenters. The maximum atomic E-state index is 12.7. The third-order valence-electron chi connectivity index (χ3n) is 4.77. The van der Waals surface area contributed by atoms with E-state index in [1.165, 1.54) is 18.7 Å². The van der Waals surface area contributed by atoms with Crippen molar-refractivity contribution in [2.45, 2.75) is 0 Å². The minimum Gasteiger partial charge on any atom is -0.493 e.